The van der Waals surface area contributed by atoms with Crippen molar-refractivity contribution in [3.05, 3.63) is 0 Å². The fourth-order valence-corrected chi connectivity index (χ4v) is 1.85. The minimum atomic E-state index is -0.677. The van der Waals surface area contributed by atoms with E-state index in [9.17, 15) is 4.79 Å². The fraction of sp³-hybridized carbons (Fsp3) is 0.800. The first-order chi connectivity index (χ1) is 6.75. The normalized spacial score (nSPS) is 25.3. The molecule has 1 aliphatic rings. The van der Waals surface area contributed by atoms with Crippen LogP contribution in [0.3, 0.4) is 0 Å². The molecule has 14 heavy (non-hydrogen) atoms. The van der Waals surface area contributed by atoms with E-state index < -0.39 is 5.54 Å². The highest BCUT2D eigenvalue weighted by molar-refractivity contribution is 5.88. The Bertz CT molecular complexity index is 228. The van der Waals surface area contributed by atoms with Crippen LogP contribution < -0.4 is 5.48 Å². The van der Waals surface area contributed by atoms with Gasteiger partial charge in [-0.25, -0.2) is 5.48 Å². The lowest BCUT2D eigenvalue weighted by Crippen LogP contribution is -2.42. The molecule has 0 aromatic heterocycles. The Morgan fingerprint density at radius 2 is 2.43 bits per heavy atom. The van der Waals surface area contributed by atoms with E-state index in [2.05, 4.69) is 11.9 Å². The van der Waals surface area contributed by atoms with Crippen molar-refractivity contribution in [2.24, 2.45) is 4.99 Å². The van der Waals surface area contributed by atoms with Gasteiger partial charge in [0.1, 0.15) is 5.54 Å². The third-order valence-corrected chi connectivity index (χ3v) is 2.74. The molecule has 1 atom stereocenters. The summed E-state index contributed by atoms with van der Waals surface area (Å²) < 4.78 is 0. The fourth-order valence-electron chi connectivity index (χ4n) is 1.85. The Hall–Kier alpha value is -0.900. The first-order valence-corrected chi connectivity index (χ1v) is 5.23. The van der Waals surface area contributed by atoms with Gasteiger partial charge in [-0.3, -0.25) is 15.0 Å². The molecule has 0 fully saturated rings. The van der Waals surface area contributed by atoms with Gasteiger partial charge in [-0.2, -0.15) is 0 Å². The molecule has 1 rings (SSSR count). The predicted molar refractivity (Wildman–Crippen MR) is 54.5 cm³/mol. The van der Waals surface area contributed by atoms with Crippen LogP contribution in [0.1, 0.15) is 45.4 Å². The van der Waals surface area contributed by atoms with Gasteiger partial charge in [0.2, 0.25) is 0 Å². The van der Waals surface area contributed by atoms with Crippen molar-refractivity contribution >= 4 is 12.1 Å². The second-order valence-electron chi connectivity index (χ2n) is 3.78. The number of carbonyl (C=O) groups excluding carboxylic acids is 1. The molecule has 0 spiro atoms. The molecule has 4 nitrogen and oxygen atoms in total. The van der Waals surface area contributed by atoms with Gasteiger partial charge in [0.15, 0.2) is 0 Å². The average molecular weight is 198 g/mol. The van der Waals surface area contributed by atoms with Gasteiger partial charge in [-0.1, -0.05) is 26.2 Å². The van der Waals surface area contributed by atoms with E-state index in [1.165, 1.54) is 0 Å². The molecular formula is C10H18N2O2. The van der Waals surface area contributed by atoms with Crippen LogP contribution in [-0.2, 0) is 4.79 Å². The summed E-state index contributed by atoms with van der Waals surface area (Å²) in [5.74, 6) is -0.359. The summed E-state index contributed by atoms with van der Waals surface area (Å²) in [4.78, 5) is 15.7. The molecule has 80 valence electrons. The van der Waals surface area contributed by atoms with Crippen molar-refractivity contribution in [1.82, 2.24) is 5.48 Å². The Morgan fingerprint density at radius 1 is 1.64 bits per heavy atom. The summed E-state index contributed by atoms with van der Waals surface area (Å²) in [7, 11) is 0. The van der Waals surface area contributed by atoms with E-state index in [0.29, 0.717) is 0 Å². The number of nitrogens with one attached hydrogen (secondary N) is 1. The summed E-state index contributed by atoms with van der Waals surface area (Å²) in [6.45, 7) is 2.12. The third kappa shape index (κ3) is 2.32. The lowest BCUT2D eigenvalue weighted by atomic mass is 9.89. The maximum absolute atomic E-state index is 11.5. The monoisotopic (exact) mass is 198 g/mol. The highest BCUT2D eigenvalue weighted by Gasteiger charge is 2.38. The van der Waals surface area contributed by atoms with E-state index in [1.807, 2.05) is 0 Å². The van der Waals surface area contributed by atoms with Gasteiger partial charge >= 0.3 is 0 Å². The van der Waals surface area contributed by atoms with Crippen molar-refractivity contribution in [3.63, 3.8) is 0 Å². The molecule has 0 aromatic rings. The van der Waals surface area contributed by atoms with E-state index in [4.69, 9.17) is 5.21 Å². The summed E-state index contributed by atoms with van der Waals surface area (Å²) in [6, 6.07) is 0. The highest BCUT2D eigenvalue weighted by atomic mass is 16.5. The van der Waals surface area contributed by atoms with Crippen LogP contribution in [0, 0.1) is 0 Å². The molecule has 4 heteroatoms. The molecule has 0 bridgehead atoms. The van der Waals surface area contributed by atoms with Gasteiger partial charge in [-0.15, -0.1) is 0 Å². The van der Waals surface area contributed by atoms with E-state index in [0.717, 1.165) is 38.5 Å². The standard InChI is InChI=1S/C10H18N2O2/c1-2-3-4-6-10(9(13)12-14)7-5-8-11-10/h8,14H,2-7H2,1H3,(H,12,13). The number of unbranched alkanes of at least 4 members (excludes halogenated alkanes) is 2. The lowest BCUT2D eigenvalue weighted by molar-refractivity contribution is -0.135. The minimum absolute atomic E-state index is 0.359. The van der Waals surface area contributed by atoms with E-state index >= 15 is 0 Å². The van der Waals surface area contributed by atoms with Crippen molar-refractivity contribution in [1.29, 1.82) is 0 Å². The van der Waals surface area contributed by atoms with Gasteiger partial charge in [0, 0.05) is 6.21 Å². The Balaban J connectivity index is 2.54. The van der Waals surface area contributed by atoms with Crippen LogP contribution in [-0.4, -0.2) is 22.9 Å². The van der Waals surface area contributed by atoms with Crippen LogP contribution in [0.2, 0.25) is 0 Å². The number of hydroxylamine groups is 1. The van der Waals surface area contributed by atoms with Gasteiger partial charge in [0.05, 0.1) is 0 Å². The van der Waals surface area contributed by atoms with Gasteiger partial charge in [0.25, 0.3) is 5.91 Å². The molecule has 0 saturated carbocycles. The average Bonchev–Trinajstić information content (AvgIpc) is 2.67. The second-order valence-corrected chi connectivity index (χ2v) is 3.78. The van der Waals surface area contributed by atoms with Crippen LogP contribution >= 0.6 is 0 Å². The molecule has 1 unspecified atom stereocenters. The molecule has 1 heterocycles. The Kier molecular flexibility index (Phi) is 4.07. The maximum atomic E-state index is 11.5. The maximum Gasteiger partial charge on any atom is 0.271 e. The van der Waals surface area contributed by atoms with Gasteiger partial charge < -0.3 is 0 Å². The Morgan fingerprint density at radius 3 is 2.93 bits per heavy atom. The molecular weight excluding hydrogens is 180 g/mol. The van der Waals surface area contributed by atoms with Crippen molar-refractivity contribution in [3.8, 4) is 0 Å². The van der Waals surface area contributed by atoms with Gasteiger partial charge in [-0.05, 0) is 19.3 Å². The zero-order chi connectivity index (χ0) is 10.4. The van der Waals surface area contributed by atoms with Crippen LogP contribution in [0.25, 0.3) is 0 Å². The zero-order valence-corrected chi connectivity index (χ0v) is 8.62. The highest BCUT2D eigenvalue weighted by Crippen LogP contribution is 2.29. The number of hydrogen-bond donors (Lipinski definition) is 2. The van der Waals surface area contributed by atoms with Crippen LogP contribution in [0.5, 0.6) is 0 Å². The molecule has 0 aliphatic carbocycles. The van der Waals surface area contributed by atoms with Crippen molar-refractivity contribution in [2.45, 2.75) is 51.0 Å². The number of aliphatic imine (C=N–C) groups is 1. The second kappa shape index (κ2) is 5.10. The lowest BCUT2D eigenvalue weighted by Gasteiger charge is -2.23. The first kappa shape index (κ1) is 11.2. The molecule has 0 aromatic carbocycles. The van der Waals surface area contributed by atoms with E-state index in [-0.39, 0.29) is 5.91 Å². The number of carbonyl (C=O) groups is 1. The zero-order valence-electron chi connectivity index (χ0n) is 8.62. The van der Waals surface area contributed by atoms with E-state index in [1.54, 1.807) is 11.7 Å². The van der Waals surface area contributed by atoms with Crippen LogP contribution in [0.15, 0.2) is 4.99 Å². The topological polar surface area (TPSA) is 61.7 Å². The number of hydrogen-bond acceptors (Lipinski definition) is 3. The molecule has 2 N–H and O–H groups in total. The first-order valence-electron chi connectivity index (χ1n) is 5.23. The van der Waals surface area contributed by atoms with Crippen molar-refractivity contribution < 1.29 is 10.0 Å². The number of amides is 1. The molecule has 0 saturated heterocycles. The quantitative estimate of drug-likeness (QED) is 0.401. The largest absolute Gasteiger partial charge is 0.289 e. The predicted octanol–water partition coefficient (Wildman–Crippen LogP) is 1.68. The smallest absolute Gasteiger partial charge is 0.271 e. The molecule has 1 aliphatic heterocycles. The van der Waals surface area contributed by atoms with Crippen molar-refractivity contribution in [2.75, 3.05) is 0 Å². The van der Waals surface area contributed by atoms with Crippen LogP contribution in [0.4, 0.5) is 0 Å². The summed E-state index contributed by atoms with van der Waals surface area (Å²) in [5.41, 5.74) is 1.05. The summed E-state index contributed by atoms with van der Waals surface area (Å²) >= 11 is 0. The molecule has 0 radical (unpaired) electrons. The Labute approximate surface area is 84.4 Å². The number of rotatable bonds is 5. The number of nitrogens with zero attached hydrogens (tertiary/aromatic N) is 1. The molecule has 1 amide bonds. The summed E-state index contributed by atoms with van der Waals surface area (Å²) in [6.07, 6.45) is 7.30. The summed E-state index contributed by atoms with van der Waals surface area (Å²) in [5, 5.41) is 8.64. The third-order valence-electron chi connectivity index (χ3n) is 2.74. The SMILES string of the molecule is CCCCCC1(C(=O)NO)CCC=N1. The minimum Gasteiger partial charge on any atom is -0.289 e.